The summed E-state index contributed by atoms with van der Waals surface area (Å²) in [5.41, 5.74) is -1.59. The molecule has 0 spiro atoms. The van der Waals surface area contributed by atoms with E-state index in [9.17, 15) is 33.2 Å². The van der Waals surface area contributed by atoms with Crippen molar-refractivity contribution in [3.63, 3.8) is 0 Å². The Kier molecular flexibility index (Phi) is 4.20. The van der Waals surface area contributed by atoms with Crippen LogP contribution in [0, 0.1) is 16.0 Å². The van der Waals surface area contributed by atoms with Gasteiger partial charge in [0.25, 0.3) is 17.3 Å². The Hall–Kier alpha value is -2.20. The van der Waals surface area contributed by atoms with E-state index in [1.807, 2.05) is 0 Å². The molecule has 0 radical (unpaired) electrons. The second-order valence-electron chi connectivity index (χ2n) is 6.30. The van der Waals surface area contributed by atoms with E-state index >= 15 is 0 Å². The number of nitro groups is 1. The second kappa shape index (κ2) is 5.95. The summed E-state index contributed by atoms with van der Waals surface area (Å²) < 4.78 is 41.0. The SMILES string of the molecule is O=C(c1cccc([N+](=O)[O-])c1)N1NC2CCCCC2C1(O)C(F)(F)F. The maximum absolute atomic E-state index is 13.7. The van der Waals surface area contributed by atoms with Gasteiger partial charge in [0.1, 0.15) is 0 Å². The lowest BCUT2D eigenvalue weighted by molar-refractivity contribution is -0.384. The van der Waals surface area contributed by atoms with E-state index in [1.54, 1.807) is 0 Å². The minimum Gasteiger partial charge on any atom is -0.362 e. The lowest BCUT2D eigenvalue weighted by atomic mass is 9.79. The normalized spacial score (nSPS) is 29.4. The summed E-state index contributed by atoms with van der Waals surface area (Å²) in [5.74, 6) is -2.33. The lowest BCUT2D eigenvalue weighted by Crippen LogP contribution is -2.62. The Morgan fingerprint density at radius 2 is 2.04 bits per heavy atom. The van der Waals surface area contributed by atoms with Crippen LogP contribution in [0.2, 0.25) is 0 Å². The van der Waals surface area contributed by atoms with Crippen molar-refractivity contribution in [3.05, 3.63) is 39.9 Å². The molecule has 2 fully saturated rings. The van der Waals surface area contributed by atoms with Crippen LogP contribution in [0.3, 0.4) is 0 Å². The van der Waals surface area contributed by atoms with Gasteiger partial charge in [-0.3, -0.25) is 14.9 Å². The number of rotatable bonds is 2. The molecule has 3 rings (SSSR count). The molecule has 1 saturated heterocycles. The smallest absolute Gasteiger partial charge is 0.362 e. The minimum atomic E-state index is -5.06. The van der Waals surface area contributed by atoms with Crippen molar-refractivity contribution in [1.29, 1.82) is 0 Å². The largest absolute Gasteiger partial charge is 0.438 e. The average Bonchev–Trinajstić information content (AvgIpc) is 2.89. The zero-order chi connectivity index (χ0) is 18.4. The van der Waals surface area contributed by atoms with Crippen LogP contribution < -0.4 is 5.43 Å². The van der Waals surface area contributed by atoms with E-state index in [-0.39, 0.29) is 17.0 Å². The number of carbonyl (C=O) groups excluding carboxylic acids is 1. The van der Waals surface area contributed by atoms with Crippen molar-refractivity contribution >= 4 is 11.6 Å². The highest BCUT2D eigenvalue weighted by Crippen LogP contribution is 2.48. The van der Waals surface area contributed by atoms with Gasteiger partial charge in [0, 0.05) is 29.7 Å². The number of amides is 1. The molecule has 0 bridgehead atoms. The fourth-order valence-electron chi connectivity index (χ4n) is 3.63. The first-order valence-corrected chi connectivity index (χ1v) is 7.80. The van der Waals surface area contributed by atoms with Gasteiger partial charge in [0.15, 0.2) is 0 Å². The number of aliphatic hydroxyl groups is 1. The number of nitro benzene ring substituents is 1. The monoisotopic (exact) mass is 359 g/mol. The molecule has 0 aromatic heterocycles. The molecule has 3 atom stereocenters. The van der Waals surface area contributed by atoms with Gasteiger partial charge in [0.05, 0.1) is 4.92 Å². The highest BCUT2D eigenvalue weighted by Gasteiger charge is 2.69. The number of nitrogens with zero attached hydrogens (tertiary/aromatic N) is 2. The Balaban J connectivity index is 2.00. The fourth-order valence-corrected chi connectivity index (χ4v) is 3.63. The molecule has 1 aromatic carbocycles. The van der Waals surface area contributed by atoms with Gasteiger partial charge in [-0.2, -0.15) is 13.2 Å². The Bertz CT molecular complexity index is 712. The quantitative estimate of drug-likeness (QED) is 0.624. The summed E-state index contributed by atoms with van der Waals surface area (Å²) in [4.78, 5) is 22.7. The number of benzene rings is 1. The van der Waals surface area contributed by atoms with E-state index in [0.717, 1.165) is 12.1 Å². The van der Waals surface area contributed by atoms with E-state index < -0.39 is 40.4 Å². The number of non-ortho nitro benzene ring substituents is 1. The third kappa shape index (κ3) is 2.74. The number of alkyl halides is 3. The van der Waals surface area contributed by atoms with Gasteiger partial charge in [-0.25, -0.2) is 10.4 Å². The van der Waals surface area contributed by atoms with Gasteiger partial charge in [-0.1, -0.05) is 18.9 Å². The predicted molar refractivity (Wildman–Crippen MR) is 79.2 cm³/mol. The molecule has 1 aliphatic carbocycles. The Morgan fingerprint density at radius 3 is 2.68 bits per heavy atom. The van der Waals surface area contributed by atoms with Gasteiger partial charge >= 0.3 is 6.18 Å². The van der Waals surface area contributed by atoms with E-state index in [2.05, 4.69) is 5.43 Å². The van der Waals surface area contributed by atoms with Crippen LogP contribution >= 0.6 is 0 Å². The first-order valence-electron chi connectivity index (χ1n) is 7.80. The molecular formula is C15H16F3N3O4. The highest BCUT2D eigenvalue weighted by atomic mass is 19.4. The van der Waals surface area contributed by atoms with Gasteiger partial charge in [0.2, 0.25) is 0 Å². The van der Waals surface area contributed by atoms with Crippen LogP contribution in [0.5, 0.6) is 0 Å². The summed E-state index contributed by atoms with van der Waals surface area (Å²) >= 11 is 0. The molecule has 1 amide bonds. The molecule has 2 aliphatic rings. The zero-order valence-corrected chi connectivity index (χ0v) is 13.0. The van der Waals surface area contributed by atoms with Crippen molar-refractivity contribution in [3.8, 4) is 0 Å². The minimum absolute atomic E-state index is 0.131. The molecule has 2 N–H and O–H groups in total. The second-order valence-corrected chi connectivity index (χ2v) is 6.30. The summed E-state index contributed by atoms with van der Waals surface area (Å²) in [5, 5.41) is 21.5. The van der Waals surface area contributed by atoms with Gasteiger partial charge < -0.3 is 5.11 Å². The van der Waals surface area contributed by atoms with Crippen molar-refractivity contribution in [2.24, 2.45) is 5.92 Å². The number of fused-ring (bicyclic) bond motifs is 1. The molecule has 10 heteroatoms. The third-order valence-electron chi connectivity index (χ3n) is 4.84. The molecule has 1 aliphatic heterocycles. The lowest BCUT2D eigenvalue weighted by Gasteiger charge is -2.38. The average molecular weight is 359 g/mol. The molecule has 7 nitrogen and oxygen atoms in total. The Labute approximate surface area is 140 Å². The number of halogens is 3. The van der Waals surface area contributed by atoms with Crippen LogP contribution in [-0.4, -0.2) is 38.9 Å². The van der Waals surface area contributed by atoms with E-state index in [0.29, 0.717) is 19.3 Å². The topological polar surface area (TPSA) is 95.7 Å². The number of nitrogens with one attached hydrogen (secondary N) is 1. The van der Waals surface area contributed by atoms with Gasteiger partial charge in [-0.15, -0.1) is 0 Å². The van der Waals surface area contributed by atoms with Crippen molar-refractivity contribution in [1.82, 2.24) is 10.4 Å². The molecular weight excluding hydrogens is 343 g/mol. The number of hydrogen-bond donors (Lipinski definition) is 2. The van der Waals surface area contributed by atoms with Crippen LogP contribution in [0.25, 0.3) is 0 Å². The van der Waals surface area contributed by atoms with Crippen molar-refractivity contribution in [2.75, 3.05) is 0 Å². The predicted octanol–water partition coefficient (Wildman–Crippen LogP) is 2.36. The third-order valence-corrected chi connectivity index (χ3v) is 4.84. The number of carbonyl (C=O) groups is 1. The van der Waals surface area contributed by atoms with Gasteiger partial charge in [-0.05, 0) is 18.9 Å². The number of hydrazine groups is 1. The van der Waals surface area contributed by atoms with Crippen LogP contribution in [0.1, 0.15) is 36.0 Å². The van der Waals surface area contributed by atoms with E-state index in [1.165, 1.54) is 12.1 Å². The summed E-state index contributed by atoms with van der Waals surface area (Å²) in [6, 6.07) is 3.73. The van der Waals surface area contributed by atoms with Crippen LogP contribution in [0.4, 0.5) is 18.9 Å². The van der Waals surface area contributed by atoms with Crippen molar-refractivity contribution < 1.29 is 28.0 Å². The molecule has 25 heavy (non-hydrogen) atoms. The summed E-state index contributed by atoms with van der Waals surface area (Å²) in [6.45, 7) is 0. The molecule has 136 valence electrons. The van der Waals surface area contributed by atoms with Crippen LogP contribution in [0.15, 0.2) is 24.3 Å². The standard InChI is InChI=1S/C15H16F3N3O4/c16-15(17,18)14(23)11-6-1-2-7-12(11)19-20(14)13(22)9-4-3-5-10(8-9)21(24)25/h3-5,8,11-12,19,23H,1-2,6-7H2. The Morgan fingerprint density at radius 1 is 1.36 bits per heavy atom. The summed E-state index contributed by atoms with van der Waals surface area (Å²) in [7, 11) is 0. The number of hydrogen-bond acceptors (Lipinski definition) is 5. The molecule has 1 saturated carbocycles. The first kappa shape index (κ1) is 17.6. The maximum Gasteiger partial charge on any atom is 0.438 e. The fraction of sp³-hybridized carbons (Fsp3) is 0.533. The zero-order valence-electron chi connectivity index (χ0n) is 13.0. The summed E-state index contributed by atoms with van der Waals surface area (Å²) in [6.07, 6.45) is -3.30. The first-order chi connectivity index (χ1) is 11.7. The van der Waals surface area contributed by atoms with Crippen LogP contribution in [-0.2, 0) is 0 Å². The maximum atomic E-state index is 13.7. The highest BCUT2D eigenvalue weighted by molar-refractivity contribution is 5.95. The molecule has 1 aromatic rings. The van der Waals surface area contributed by atoms with E-state index in [4.69, 9.17) is 0 Å². The molecule has 3 unspecified atom stereocenters. The molecule has 1 heterocycles. The van der Waals surface area contributed by atoms with Crippen molar-refractivity contribution in [2.45, 2.75) is 43.6 Å².